The highest BCUT2D eigenvalue weighted by Crippen LogP contribution is 2.28. The molecule has 0 amide bonds. The van der Waals surface area contributed by atoms with Gasteiger partial charge in [-0.2, -0.15) is 13.2 Å². The predicted octanol–water partition coefficient (Wildman–Crippen LogP) is 3.56. The summed E-state index contributed by atoms with van der Waals surface area (Å²) in [7, 11) is 0. The monoisotopic (exact) mass is 286 g/mol. The fourth-order valence-corrected chi connectivity index (χ4v) is 1.52. The molecule has 1 heterocycles. The summed E-state index contributed by atoms with van der Waals surface area (Å²) in [6.07, 6.45) is -3.70. The van der Waals surface area contributed by atoms with Crippen molar-refractivity contribution < 1.29 is 22.7 Å². The summed E-state index contributed by atoms with van der Waals surface area (Å²) in [6.45, 7) is 0.176. The molecular weight excluding hydrogens is 276 g/mol. The third-order valence-electron chi connectivity index (χ3n) is 2.58. The van der Waals surface area contributed by atoms with Crippen molar-refractivity contribution >= 4 is 5.82 Å². The van der Waals surface area contributed by atoms with E-state index in [-0.39, 0.29) is 12.4 Å². The molecule has 0 saturated carbocycles. The smallest absolute Gasteiger partial charge is 0.417 e. The molecule has 0 atom stereocenters. The van der Waals surface area contributed by atoms with Crippen molar-refractivity contribution in [2.75, 3.05) is 5.32 Å². The maximum Gasteiger partial charge on any atom is 0.417 e. The standard InChI is InChI=1S/C13H10F4N2O/c14-10-5-8(1-3-11(10)20)6-18-12-4-2-9(7-19-12)13(15,16)17/h1-5,7,20H,6H2,(H,18,19). The van der Waals surface area contributed by atoms with E-state index in [1.807, 2.05) is 0 Å². The van der Waals surface area contributed by atoms with Gasteiger partial charge >= 0.3 is 6.18 Å². The lowest BCUT2D eigenvalue weighted by Crippen LogP contribution is -2.07. The average molecular weight is 286 g/mol. The molecule has 20 heavy (non-hydrogen) atoms. The van der Waals surface area contributed by atoms with Crippen LogP contribution in [0.3, 0.4) is 0 Å². The first-order valence-corrected chi connectivity index (χ1v) is 5.61. The highest BCUT2D eigenvalue weighted by molar-refractivity contribution is 5.38. The number of halogens is 4. The molecule has 0 radical (unpaired) electrons. The first-order chi connectivity index (χ1) is 9.36. The Hall–Kier alpha value is -2.31. The van der Waals surface area contributed by atoms with Crippen LogP contribution in [-0.2, 0) is 12.7 Å². The lowest BCUT2D eigenvalue weighted by molar-refractivity contribution is -0.137. The minimum absolute atomic E-state index is 0.176. The van der Waals surface area contributed by atoms with Crippen LogP contribution in [0.1, 0.15) is 11.1 Å². The SMILES string of the molecule is Oc1ccc(CNc2ccc(C(F)(F)F)cn2)cc1F. The third kappa shape index (κ3) is 3.37. The molecule has 0 aliphatic carbocycles. The van der Waals surface area contributed by atoms with Crippen molar-refractivity contribution in [2.24, 2.45) is 0 Å². The van der Waals surface area contributed by atoms with Crippen LogP contribution < -0.4 is 5.32 Å². The molecule has 2 aromatic rings. The van der Waals surface area contributed by atoms with Gasteiger partial charge in [0, 0.05) is 12.7 Å². The Morgan fingerprint density at radius 2 is 1.90 bits per heavy atom. The van der Waals surface area contributed by atoms with Gasteiger partial charge in [-0.1, -0.05) is 6.07 Å². The summed E-state index contributed by atoms with van der Waals surface area (Å²) in [5, 5.41) is 11.8. The van der Waals surface area contributed by atoms with E-state index in [1.54, 1.807) is 0 Å². The van der Waals surface area contributed by atoms with E-state index >= 15 is 0 Å². The van der Waals surface area contributed by atoms with E-state index in [0.29, 0.717) is 5.56 Å². The summed E-state index contributed by atoms with van der Waals surface area (Å²) < 4.78 is 50.1. The Bertz CT molecular complexity index is 596. The van der Waals surface area contributed by atoms with Crippen LogP contribution in [0.25, 0.3) is 0 Å². The van der Waals surface area contributed by atoms with E-state index in [4.69, 9.17) is 5.11 Å². The zero-order valence-corrected chi connectivity index (χ0v) is 10.1. The summed E-state index contributed by atoms with van der Waals surface area (Å²) in [6, 6.07) is 5.93. The number of nitrogens with one attached hydrogen (secondary N) is 1. The second-order valence-electron chi connectivity index (χ2n) is 4.07. The van der Waals surface area contributed by atoms with Crippen LogP contribution in [0.15, 0.2) is 36.5 Å². The number of aromatic hydroxyl groups is 1. The minimum Gasteiger partial charge on any atom is -0.505 e. The van der Waals surface area contributed by atoms with E-state index in [0.717, 1.165) is 18.3 Å². The van der Waals surface area contributed by atoms with Crippen molar-refractivity contribution in [3.8, 4) is 5.75 Å². The van der Waals surface area contributed by atoms with Crippen LogP contribution >= 0.6 is 0 Å². The molecule has 3 nitrogen and oxygen atoms in total. The molecule has 0 spiro atoms. The van der Waals surface area contributed by atoms with Gasteiger partial charge < -0.3 is 10.4 Å². The first kappa shape index (κ1) is 14.1. The number of hydrogen-bond acceptors (Lipinski definition) is 3. The van der Waals surface area contributed by atoms with Gasteiger partial charge in [-0.25, -0.2) is 9.37 Å². The summed E-state index contributed by atoms with van der Waals surface area (Å²) in [5.74, 6) is -0.974. The van der Waals surface area contributed by atoms with E-state index < -0.39 is 23.3 Å². The molecule has 2 rings (SSSR count). The number of aromatic nitrogens is 1. The second-order valence-corrected chi connectivity index (χ2v) is 4.07. The number of phenolic OH excluding ortho intramolecular Hbond substituents is 1. The molecule has 0 aliphatic heterocycles. The number of anilines is 1. The maximum absolute atomic E-state index is 13.1. The van der Waals surface area contributed by atoms with Gasteiger partial charge in [0.1, 0.15) is 5.82 Å². The van der Waals surface area contributed by atoms with E-state index in [9.17, 15) is 17.6 Å². The van der Waals surface area contributed by atoms with E-state index in [2.05, 4.69) is 10.3 Å². The van der Waals surface area contributed by atoms with Gasteiger partial charge in [-0.05, 0) is 29.8 Å². The van der Waals surface area contributed by atoms with Crippen molar-refractivity contribution in [1.29, 1.82) is 0 Å². The molecule has 7 heteroatoms. The molecule has 1 aromatic heterocycles. The van der Waals surface area contributed by atoms with Gasteiger partial charge in [0.15, 0.2) is 11.6 Å². The van der Waals surface area contributed by atoms with Gasteiger partial charge in [-0.15, -0.1) is 0 Å². The van der Waals surface area contributed by atoms with Gasteiger partial charge in [0.2, 0.25) is 0 Å². The molecule has 0 aliphatic rings. The van der Waals surface area contributed by atoms with Crippen LogP contribution in [0.4, 0.5) is 23.4 Å². The maximum atomic E-state index is 13.1. The quantitative estimate of drug-likeness (QED) is 0.848. The summed E-state index contributed by atoms with van der Waals surface area (Å²) in [5.41, 5.74) is -0.305. The lowest BCUT2D eigenvalue weighted by atomic mass is 10.2. The number of hydrogen-bond donors (Lipinski definition) is 2. The summed E-state index contributed by atoms with van der Waals surface area (Å²) >= 11 is 0. The number of benzene rings is 1. The van der Waals surface area contributed by atoms with Gasteiger partial charge in [0.05, 0.1) is 5.56 Å². The average Bonchev–Trinajstić information content (AvgIpc) is 2.40. The normalized spacial score (nSPS) is 11.4. The fourth-order valence-electron chi connectivity index (χ4n) is 1.52. The minimum atomic E-state index is -4.42. The number of rotatable bonds is 3. The van der Waals surface area contributed by atoms with E-state index in [1.165, 1.54) is 18.2 Å². The van der Waals surface area contributed by atoms with Crippen molar-refractivity contribution in [2.45, 2.75) is 12.7 Å². The second kappa shape index (κ2) is 5.36. The highest BCUT2D eigenvalue weighted by Gasteiger charge is 2.30. The Balaban J connectivity index is 2.02. The van der Waals surface area contributed by atoms with Gasteiger partial charge in [0.25, 0.3) is 0 Å². The fraction of sp³-hybridized carbons (Fsp3) is 0.154. The molecule has 0 bridgehead atoms. The molecule has 0 saturated heterocycles. The zero-order valence-electron chi connectivity index (χ0n) is 10.1. The predicted molar refractivity (Wildman–Crippen MR) is 64.6 cm³/mol. The Labute approximate surface area is 111 Å². The number of pyridine rings is 1. The number of nitrogens with zero attached hydrogens (tertiary/aromatic N) is 1. The molecular formula is C13H10F4N2O. The van der Waals surface area contributed by atoms with Crippen LogP contribution in [0.2, 0.25) is 0 Å². The zero-order chi connectivity index (χ0) is 14.8. The topological polar surface area (TPSA) is 45.1 Å². The Kier molecular flexibility index (Phi) is 3.78. The molecule has 1 aromatic carbocycles. The number of phenols is 1. The molecule has 2 N–H and O–H groups in total. The van der Waals surface area contributed by atoms with Crippen molar-refractivity contribution in [3.63, 3.8) is 0 Å². The van der Waals surface area contributed by atoms with Crippen LogP contribution in [0.5, 0.6) is 5.75 Å². The third-order valence-corrected chi connectivity index (χ3v) is 2.58. The molecule has 0 fully saturated rings. The Morgan fingerprint density at radius 1 is 1.15 bits per heavy atom. The molecule has 106 valence electrons. The summed E-state index contributed by atoms with van der Waals surface area (Å²) in [4.78, 5) is 3.63. The highest BCUT2D eigenvalue weighted by atomic mass is 19.4. The van der Waals surface area contributed by atoms with Crippen LogP contribution in [-0.4, -0.2) is 10.1 Å². The Morgan fingerprint density at radius 3 is 2.45 bits per heavy atom. The lowest BCUT2D eigenvalue weighted by Gasteiger charge is -2.09. The van der Waals surface area contributed by atoms with Crippen molar-refractivity contribution in [1.82, 2.24) is 4.98 Å². The first-order valence-electron chi connectivity index (χ1n) is 5.61. The number of alkyl halides is 3. The molecule has 0 unspecified atom stereocenters. The van der Waals surface area contributed by atoms with Crippen LogP contribution in [0, 0.1) is 5.82 Å². The largest absolute Gasteiger partial charge is 0.505 e. The van der Waals surface area contributed by atoms with Crippen molar-refractivity contribution in [3.05, 3.63) is 53.5 Å². The van der Waals surface area contributed by atoms with Gasteiger partial charge in [-0.3, -0.25) is 0 Å².